The summed E-state index contributed by atoms with van der Waals surface area (Å²) >= 11 is 0. The second-order valence-electron chi connectivity index (χ2n) is 4.84. The SMILES string of the molecule is CC(=O)CCC(=O)NCCc1ccc2c(c1)CCO2. The Labute approximate surface area is 113 Å². The van der Waals surface area contributed by atoms with Crippen LogP contribution >= 0.6 is 0 Å². The van der Waals surface area contributed by atoms with Gasteiger partial charge in [0.2, 0.25) is 5.91 Å². The number of ketones is 1. The monoisotopic (exact) mass is 261 g/mol. The van der Waals surface area contributed by atoms with Crippen molar-refractivity contribution < 1.29 is 14.3 Å². The van der Waals surface area contributed by atoms with Crippen molar-refractivity contribution in [2.24, 2.45) is 0 Å². The molecule has 2 rings (SSSR count). The molecule has 0 spiro atoms. The van der Waals surface area contributed by atoms with E-state index in [4.69, 9.17) is 4.74 Å². The molecule has 0 radical (unpaired) electrons. The van der Waals surface area contributed by atoms with Crippen LogP contribution in [0.15, 0.2) is 18.2 Å². The molecule has 1 aliphatic rings. The van der Waals surface area contributed by atoms with Crippen LogP contribution in [0, 0.1) is 0 Å². The highest BCUT2D eigenvalue weighted by Crippen LogP contribution is 2.25. The molecule has 1 aromatic carbocycles. The maximum atomic E-state index is 11.4. The summed E-state index contributed by atoms with van der Waals surface area (Å²) in [5.74, 6) is 0.975. The van der Waals surface area contributed by atoms with Gasteiger partial charge in [0.1, 0.15) is 11.5 Å². The van der Waals surface area contributed by atoms with E-state index in [0.29, 0.717) is 13.0 Å². The Hall–Kier alpha value is -1.84. The van der Waals surface area contributed by atoms with Crippen LogP contribution in [0.5, 0.6) is 5.75 Å². The number of carbonyl (C=O) groups is 2. The summed E-state index contributed by atoms with van der Waals surface area (Å²) < 4.78 is 5.45. The Bertz CT molecular complexity index is 482. The third-order valence-corrected chi connectivity index (χ3v) is 3.19. The Kier molecular flexibility index (Phi) is 4.55. The average Bonchev–Trinajstić information content (AvgIpc) is 2.83. The van der Waals surface area contributed by atoms with Crippen molar-refractivity contribution in [3.05, 3.63) is 29.3 Å². The highest BCUT2D eigenvalue weighted by atomic mass is 16.5. The average molecular weight is 261 g/mol. The van der Waals surface area contributed by atoms with Gasteiger partial charge in [0.05, 0.1) is 6.61 Å². The molecule has 1 amide bonds. The Morgan fingerprint density at radius 1 is 1.32 bits per heavy atom. The highest BCUT2D eigenvalue weighted by Gasteiger charge is 2.11. The minimum absolute atomic E-state index is 0.0498. The zero-order chi connectivity index (χ0) is 13.7. The Morgan fingerprint density at radius 3 is 2.95 bits per heavy atom. The first-order valence-electron chi connectivity index (χ1n) is 6.66. The first-order valence-corrected chi connectivity index (χ1v) is 6.66. The summed E-state index contributed by atoms with van der Waals surface area (Å²) in [5.41, 5.74) is 2.46. The summed E-state index contributed by atoms with van der Waals surface area (Å²) in [6.45, 7) is 2.87. The molecular weight excluding hydrogens is 242 g/mol. The minimum atomic E-state index is -0.0558. The molecule has 19 heavy (non-hydrogen) atoms. The van der Waals surface area contributed by atoms with Gasteiger partial charge in [-0.2, -0.15) is 0 Å². The number of Topliss-reactive ketones (excluding diaryl/α,β-unsaturated/α-hetero) is 1. The molecule has 4 nitrogen and oxygen atoms in total. The van der Waals surface area contributed by atoms with E-state index < -0.39 is 0 Å². The molecular formula is C15H19NO3. The second kappa shape index (κ2) is 6.36. The smallest absolute Gasteiger partial charge is 0.220 e. The Balaban J connectivity index is 1.74. The van der Waals surface area contributed by atoms with Crippen LogP contribution in [0.1, 0.15) is 30.9 Å². The predicted octanol–water partition coefficient (Wildman–Crippen LogP) is 1.65. The van der Waals surface area contributed by atoms with Gasteiger partial charge in [0, 0.05) is 25.8 Å². The molecule has 4 heteroatoms. The number of benzene rings is 1. The van der Waals surface area contributed by atoms with Crippen LogP contribution in [0.25, 0.3) is 0 Å². The van der Waals surface area contributed by atoms with Crippen LogP contribution in [-0.4, -0.2) is 24.8 Å². The minimum Gasteiger partial charge on any atom is -0.493 e. The van der Waals surface area contributed by atoms with Crippen molar-refractivity contribution >= 4 is 11.7 Å². The van der Waals surface area contributed by atoms with E-state index in [1.165, 1.54) is 18.1 Å². The van der Waals surface area contributed by atoms with Gasteiger partial charge < -0.3 is 14.8 Å². The van der Waals surface area contributed by atoms with Crippen molar-refractivity contribution in [3.8, 4) is 5.75 Å². The van der Waals surface area contributed by atoms with E-state index in [9.17, 15) is 9.59 Å². The lowest BCUT2D eigenvalue weighted by Gasteiger charge is -2.06. The first kappa shape index (κ1) is 13.6. The molecule has 1 heterocycles. The summed E-state index contributed by atoms with van der Waals surface area (Å²) in [4.78, 5) is 22.2. The lowest BCUT2D eigenvalue weighted by molar-refractivity contribution is -0.124. The van der Waals surface area contributed by atoms with Crippen LogP contribution in [0.3, 0.4) is 0 Å². The molecule has 0 bridgehead atoms. The van der Waals surface area contributed by atoms with Gasteiger partial charge in [-0.25, -0.2) is 0 Å². The molecule has 0 aliphatic carbocycles. The number of hydrogen-bond donors (Lipinski definition) is 1. The highest BCUT2D eigenvalue weighted by molar-refractivity contribution is 5.83. The van der Waals surface area contributed by atoms with Gasteiger partial charge in [-0.1, -0.05) is 12.1 Å². The molecule has 0 saturated heterocycles. The summed E-state index contributed by atoms with van der Waals surface area (Å²) in [5, 5.41) is 2.83. The van der Waals surface area contributed by atoms with E-state index in [-0.39, 0.29) is 18.1 Å². The van der Waals surface area contributed by atoms with E-state index >= 15 is 0 Å². The maximum Gasteiger partial charge on any atom is 0.220 e. The van der Waals surface area contributed by atoms with E-state index in [1.807, 2.05) is 12.1 Å². The van der Waals surface area contributed by atoms with Gasteiger partial charge in [0.25, 0.3) is 0 Å². The van der Waals surface area contributed by atoms with Gasteiger partial charge in [-0.05, 0) is 30.5 Å². The Morgan fingerprint density at radius 2 is 2.16 bits per heavy atom. The molecule has 0 unspecified atom stereocenters. The second-order valence-corrected chi connectivity index (χ2v) is 4.84. The molecule has 1 aromatic rings. The van der Waals surface area contributed by atoms with Crippen LogP contribution < -0.4 is 10.1 Å². The molecule has 1 aliphatic heterocycles. The standard InChI is InChI=1S/C15H19NO3/c1-11(17)2-5-15(18)16-8-6-12-3-4-14-13(10-12)7-9-19-14/h3-4,10H,2,5-9H2,1H3,(H,16,18). The van der Waals surface area contributed by atoms with Crippen molar-refractivity contribution in [3.63, 3.8) is 0 Å². The summed E-state index contributed by atoms with van der Waals surface area (Å²) in [6.07, 6.45) is 2.38. The van der Waals surface area contributed by atoms with Crippen LogP contribution in [0.4, 0.5) is 0 Å². The predicted molar refractivity (Wildman–Crippen MR) is 72.3 cm³/mol. The van der Waals surface area contributed by atoms with E-state index in [2.05, 4.69) is 11.4 Å². The fraction of sp³-hybridized carbons (Fsp3) is 0.467. The first-order chi connectivity index (χ1) is 9.15. The molecule has 0 atom stereocenters. The zero-order valence-electron chi connectivity index (χ0n) is 11.2. The van der Waals surface area contributed by atoms with Crippen molar-refractivity contribution in [1.82, 2.24) is 5.32 Å². The largest absolute Gasteiger partial charge is 0.493 e. The summed E-state index contributed by atoms with van der Waals surface area (Å²) in [6, 6.07) is 6.17. The lowest BCUT2D eigenvalue weighted by atomic mass is 10.1. The molecule has 0 saturated carbocycles. The number of fused-ring (bicyclic) bond motifs is 1. The van der Waals surface area contributed by atoms with E-state index in [1.54, 1.807) is 0 Å². The molecule has 0 aromatic heterocycles. The van der Waals surface area contributed by atoms with Crippen molar-refractivity contribution in [1.29, 1.82) is 0 Å². The molecule has 1 N–H and O–H groups in total. The number of hydrogen-bond acceptors (Lipinski definition) is 3. The van der Waals surface area contributed by atoms with Gasteiger partial charge in [-0.15, -0.1) is 0 Å². The topological polar surface area (TPSA) is 55.4 Å². The number of nitrogens with one attached hydrogen (secondary N) is 1. The van der Waals surface area contributed by atoms with Gasteiger partial charge in [0.15, 0.2) is 0 Å². The van der Waals surface area contributed by atoms with Crippen LogP contribution in [0.2, 0.25) is 0 Å². The zero-order valence-corrected chi connectivity index (χ0v) is 11.2. The fourth-order valence-electron chi connectivity index (χ4n) is 2.12. The third kappa shape index (κ3) is 4.09. The number of rotatable bonds is 6. The van der Waals surface area contributed by atoms with Gasteiger partial charge in [-0.3, -0.25) is 4.79 Å². The molecule has 102 valence electrons. The van der Waals surface area contributed by atoms with E-state index in [0.717, 1.165) is 25.2 Å². The number of ether oxygens (including phenoxy) is 1. The number of amides is 1. The third-order valence-electron chi connectivity index (χ3n) is 3.19. The fourth-order valence-corrected chi connectivity index (χ4v) is 2.12. The van der Waals surface area contributed by atoms with Crippen LogP contribution in [-0.2, 0) is 22.4 Å². The number of carbonyl (C=O) groups excluding carboxylic acids is 2. The maximum absolute atomic E-state index is 11.4. The normalized spacial score (nSPS) is 12.7. The summed E-state index contributed by atoms with van der Waals surface area (Å²) in [7, 11) is 0. The quantitative estimate of drug-likeness (QED) is 0.847. The van der Waals surface area contributed by atoms with Crippen molar-refractivity contribution in [2.45, 2.75) is 32.6 Å². The van der Waals surface area contributed by atoms with Crippen molar-refractivity contribution in [2.75, 3.05) is 13.2 Å². The van der Waals surface area contributed by atoms with Gasteiger partial charge >= 0.3 is 0 Å². The lowest BCUT2D eigenvalue weighted by Crippen LogP contribution is -2.25. The molecule has 0 fully saturated rings.